The third kappa shape index (κ3) is 7.09. The molecule has 2 rings (SSSR count). The van der Waals surface area contributed by atoms with Gasteiger partial charge in [0.2, 0.25) is 0 Å². The number of ether oxygens (including phenoxy) is 2. The van der Waals surface area contributed by atoms with Crippen molar-refractivity contribution in [2.24, 2.45) is 4.99 Å². The fraction of sp³-hybridized carbons (Fsp3) is 0.333. The number of nitrogens with zero attached hydrogens (tertiary/aromatic N) is 1. The summed E-state index contributed by atoms with van der Waals surface area (Å²) in [6.45, 7) is 1.07. The van der Waals surface area contributed by atoms with Gasteiger partial charge >= 0.3 is 6.18 Å². The second kappa shape index (κ2) is 11.1. The number of nitrogens with one attached hydrogen (secondary N) is 3. The molecular weight excluding hydrogens is 413 g/mol. The number of rotatable bonds is 8. The zero-order valence-electron chi connectivity index (χ0n) is 17.5. The Kier molecular flexibility index (Phi) is 8.53. The summed E-state index contributed by atoms with van der Waals surface area (Å²) in [5.41, 5.74) is 0.262. The van der Waals surface area contributed by atoms with E-state index >= 15 is 0 Å². The van der Waals surface area contributed by atoms with E-state index in [1.807, 2.05) is 12.1 Å². The molecule has 0 bridgehead atoms. The van der Waals surface area contributed by atoms with Crippen molar-refractivity contribution in [1.82, 2.24) is 16.0 Å². The molecule has 0 atom stereocenters. The van der Waals surface area contributed by atoms with Crippen LogP contribution < -0.4 is 25.4 Å². The Bertz CT molecular complexity index is 900. The molecule has 0 saturated carbocycles. The first-order chi connectivity index (χ1) is 14.8. The average molecular weight is 438 g/mol. The highest BCUT2D eigenvalue weighted by molar-refractivity contribution is 5.94. The van der Waals surface area contributed by atoms with Crippen LogP contribution in [-0.2, 0) is 12.7 Å². The number of carbonyl (C=O) groups is 1. The van der Waals surface area contributed by atoms with Gasteiger partial charge in [-0.15, -0.1) is 0 Å². The van der Waals surface area contributed by atoms with E-state index in [0.717, 1.165) is 29.8 Å². The van der Waals surface area contributed by atoms with Crippen LogP contribution in [0.4, 0.5) is 13.2 Å². The minimum Gasteiger partial charge on any atom is -0.497 e. The predicted octanol–water partition coefficient (Wildman–Crippen LogP) is 2.82. The van der Waals surface area contributed by atoms with Gasteiger partial charge in [0.15, 0.2) is 5.96 Å². The van der Waals surface area contributed by atoms with Gasteiger partial charge < -0.3 is 25.4 Å². The molecule has 0 aromatic heterocycles. The number of hydrogen-bond donors (Lipinski definition) is 3. The predicted molar refractivity (Wildman–Crippen MR) is 112 cm³/mol. The lowest BCUT2D eigenvalue weighted by Crippen LogP contribution is -2.41. The lowest BCUT2D eigenvalue weighted by atomic mass is 10.1. The van der Waals surface area contributed by atoms with Gasteiger partial charge in [-0.1, -0.05) is 0 Å². The van der Waals surface area contributed by atoms with Gasteiger partial charge in [0.1, 0.15) is 11.5 Å². The first kappa shape index (κ1) is 23.8. The molecule has 1 amide bonds. The molecule has 0 spiro atoms. The summed E-state index contributed by atoms with van der Waals surface area (Å²) in [7, 11) is 4.76. The maximum Gasteiger partial charge on any atom is 0.416 e. The van der Waals surface area contributed by atoms with E-state index < -0.39 is 17.6 Å². The Balaban J connectivity index is 1.79. The smallest absolute Gasteiger partial charge is 0.416 e. The maximum atomic E-state index is 12.6. The first-order valence-electron chi connectivity index (χ1n) is 9.39. The molecule has 168 valence electrons. The van der Waals surface area contributed by atoms with Crippen molar-refractivity contribution in [3.05, 3.63) is 59.2 Å². The lowest BCUT2D eigenvalue weighted by molar-refractivity contribution is -0.137. The van der Waals surface area contributed by atoms with Crippen molar-refractivity contribution in [2.45, 2.75) is 12.7 Å². The molecule has 0 aliphatic rings. The van der Waals surface area contributed by atoms with E-state index in [2.05, 4.69) is 20.9 Å². The van der Waals surface area contributed by atoms with E-state index in [4.69, 9.17) is 9.47 Å². The Labute approximate surface area is 178 Å². The highest BCUT2D eigenvalue weighted by atomic mass is 19.4. The SMILES string of the molecule is CN=C(NCCNC(=O)c1ccc(C(F)(F)F)cc1)NCc1ccc(OC)cc1OC. The molecule has 7 nitrogen and oxygen atoms in total. The van der Waals surface area contributed by atoms with Crippen molar-refractivity contribution in [3.63, 3.8) is 0 Å². The minimum atomic E-state index is -4.43. The molecule has 0 saturated heterocycles. The number of alkyl halides is 3. The lowest BCUT2D eigenvalue weighted by Gasteiger charge is -2.15. The van der Waals surface area contributed by atoms with Gasteiger partial charge in [-0.2, -0.15) is 13.2 Å². The van der Waals surface area contributed by atoms with Crippen molar-refractivity contribution in [3.8, 4) is 11.5 Å². The van der Waals surface area contributed by atoms with Crippen molar-refractivity contribution >= 4 is 11.9 Å². The Morgan fingerprint density at radius 2 is 1.65 bits per heavy atom. The fourth-order valence-corrected chi connectivity index (χ4v) is 2.67. The van der Waals surface area contributed by atoms with Crippen LogP contribution in [-0.4, -0.2) is 46.2 Å². The molecule has 0 heterocycles. The summed E-state index contributed by atoms with van der Waals surface area (Å²) in [6.07, 6.45) is -4.43. The highest BCUT2D eigenvalue weighted by Crippen LogP contribution is 2.29. The molecule has 0 aliphatic heterocycles. The van der Waals surface area contributed by atoms with Gasteiger partial charge in [-0.05, 0) is 36.4 Å². The summed E-state index contributed by atoms with van der Waals surface area (Å²) < 4.78 is 48.3. The zero-order valence-corrected chi connectivity index (χ0v) is 17.5. The number of guanidine groups is 1. The van der Waals surface area contributed by atoms with Gasteiger partial charge in [0.25, 0.3) is 5.91 Å². The van der Waals surface area contributed by atoms with Crippen molar-refractivity contribution < 1.29 is 27.4 Å². The van der Waals surface area contributed by atoms with E-state index in [-0.39, 0.29) is 12.1 Å². The van der Waals surface area contributed by atoms with E-state index in [1.54, 1.807) is 27.3 Å². The molecule has 0 radical (unpaired) electrons. The van der Waals surface area contributed by atoms with Crippen molar-refractivity contribution in [1.29, 1.82) is 0 Å². The third-order valence-corrected chi connectivity index (χ3v) is 4.34. The molecular formula is C21H25F3N4O3. The number of carbonyl (C=O) groups excluding carboxylic acids is 1. The molecule has 2 aromatic carbocycles. The minimum absolute atomic E-state index is 0.155. The Morgan fingerprint density at radius 3 is 2.23 bits per heavy atom. The molecule has 31 heavy (non-hydrogen) atoms. The van der Waals surface area contributed by atoms with E-state index in [9.17, 15) is 18.0 Å². The molecule has 10 heteroatoms. The number of methoxy groups -OCH3 is 2. The molecule has 0 unspecified atom stereocenters. The fourth-order valence-electron chi connectivity index (χ4n) is 2.67. The largest absolute Gasteiger partial charge is 0.497 e. The second-order valence-electron chi connectivity index (χ2n) is 6.36. The normalized spacial score (nSPS) is 11.6. The second-order valence-corrected chi connectivity index (χ2v) is 6.36. The third-order valence-electron chi connectivity index (χ3n) is 4.34. The number of halogens is 3. The van der Waals surface area contributed by atoms with Crippen LogP contribution in [0.5, 0.6) is 11.5 Å². The van der Waals surface area contributed by atoms with Gasteiger partial charge in [0.05, 0.1) is 19.8 Å². The quantitative estimate of drug-likeness (QED) is 0.335. The number of amides is 1. The van der Waals surface area contributed by atoms with Crippen LogP contribution in [0.15, 0.2) is 47.5 Å². The Hall–Kier alpha value is -3.43. The monoisotopic (exact) mass is 438 g/mol. The van der Waals surface area contributed by atoms with Crippen LogP contribution >= 0.6 is 0 Å². The molecule has 2 aromatic rings. The molecule has 0 fully saturated rings. The Morgan fingerprint density at radius 1 is 0.968 bits per heavy atom. The van der Waals surface area contributed by atoms with Crippen LogP contribution in [0.25, 0.3) is 0 Å². The summed E-state index contributed by atoms with van der Waals surface area (Å²) in [6, 6.07) is 9.54. The van der Waals surface area contributed by atoms with E-state index in [1.165, 1.54) is 0 Å². The summed E-state index contributed by atoms with van der Waals surface area (Å²) in [4.78, 5) is 16.2. The first-order valence-corrected chi connectivity index (χ1v) is 9.39. The van der Waals surface area contributed by atoms with Crippen LogP contribution in [0, 0.1) is 0 Å². The van der Waals surface area contributed by atoms with Crippen molar-refractivity contribution in [2.75, 3.05) is 34.4 Å². The maximum absolute atomic E-state index is 12.6. The van der Waals surface area contributed by atoms with E-state index in [0.29, 0.717) is 30.5 Å². The highest BCUT2D eigenvalue weighted by Gasteiger charge is 2.30. The van der Waals surface area contributed by atoms with Crippen LogP contribution in [0.3, 0.4) is 0 Å². The standard InChI is InChI=1S/C21H25F3N4O3/c1-25-20(28-13-15-6-9-17(30-2)12-18(15)31-3)27-11-10-26-19(29)14-4-7-16(8-5-14)21(22,23)24/h4-9,12H,10-11,13H2,1-3H3,(H,26,29)(H2,25,27,28). The zero-order chi connectivity index (χ0) is 22.9. The number of hydrogen-bond acceptors (Lipinski definition) is 4. The number of aliphatic imine (C=N–C) groups is 1. The van der Waals surface area contributed by atoms with Gasteiger partial charge in [0, 0.05) is 43.9 Å². The topological polar surface area (TPSA) is 84.0 Å². The average Bonchev–Trinajstić information content (AvgIpc) is 2.77. The molecule has 3 N–H and O–H groups in total. The van der Waals surface area contributed by atoms with Gasteiger partial charge in [-0.3, -0.25) is 9.79 Å². The molecule has 0 aliphatic carbocycles. The number of benzene rings is 2. The van der Waals surface area contributed by atoms with Crippen LogP contribution in [0.2, 0.25) is 0 Å². The summed E-state index contributed by atoms with van der Waals surface area (Å²) in [5.74, 6) is 1.42. The summed E-state index contributed by atoms with van der Waals surface area (Å²) in [5, 5.41) is 8.82. The summed E-state index contributed by atoms with van der Waals surface area (Å²) >= 11 is 0. The van der Waals surface area contributed by atoms with Gasteiger partial charge in [-0.25, -0.2) is 0 Å². The van der Waals surface area contributed by atoms with Crippen LogP contribution in [0.1, 0.15) is 21.5 Å².